The number of aromatic nitrogens is 9. The first-order valence-corrected chi connectivity index (χ1v) is 32.1. The molecule has 0 aliphatic carbocycles. The number of aliphatic hydroxyl groups excluding tert-OH is 6. The molecule has 0 saturated carbocycles. The van der Waals surface area contributed by atoms with Gasteiger partial charge in [0.25, 0.3) is 16.7 Å². The standard InChI is InChI=1S/C14H21N4O5P.C13H19N4O5P.C12H17N4O3P.C4H11OP/c1-24(2,22)6-23-13-8(4-19)18-10(12(13)20)7-3-15-11-9(7)16-5-17-14(11)21;1-23(2,21)5-22-11-8(17-13(20)10(11)18)6-3-14-9-7(6)15-4-16-12(9)19;1-2-6-10(17)11(18)9(16(6)20)5-3-13-8-7(5)14-4-15-12(8)19;1-4-6(2,3)5/h3,5,8,10,12-13,15,18-20H,4,6H2,1-2H3,(H,16,17,21);3-4,8,10-11,13-14,17-18,20H,5H2,1-2H3,(H,15,16,19);3-4,6,9-11,13,17-18H,2,20H2,1H3,(H,14,15,19);4H2,1-3H3/t8-,10+,12+,13-;8-,10-,11-,13+;6-,9+,10-,11+;/m101./s1. The number of aromatic amines is 6. The van der Waals surface area contributed by atoms with Crippen molar-refractivity contribution in [2.75, 3.05) is 65.5 Å². The van der Waals surface area contributed by atoms with Crippen molar-refractivity contribution in [1.82, 2.24) is 60.2 Å². The molecule has 14 N–H and O–H groups in total. The van der Waals surface area contributed by atoms with E-state index in [1.54, 1.807) is 58.6 Å². The zero-order valence-corrected chi connectivity index (χ0v) is 45.4. The molecule has 30 heteroatoms. The molecule has 13 atom stereocenters. The molecule has 0 spiro atoms. The lowest BCUT2D eigenvalue weighted by molar-refractivity contribution is -0.0472. The third-order valence-electron chi connectivity index (χ3n) is 12.6. The third kappa shape index (κ3) is 13.5. The molecule has 0 radical (unpaired) electrons. The van der Waals surface area contributed by atoms with Crippen molar-refractivity contribution in [3.63, 3.8) is 0 Å². The van der Waals surface area contributed by atoms with Gasteiger partial charge in [-0.3, -0.25) is 24.4 Å². The molecule has 9 rings (SSSR count). The van der Waals surface area contributed by atoms with Crippen molar-refractivity contribution in [3.8, 4) is 0 Å². The second-order valence-electron chi connectivity index (χ2n) is 19.5. The van der Waals surface area contributed by atoms with Gasteiger partial charge in [-0.05, 0) is 52.6 Å². The van der Waals surface area contributed by atoms with Crippen LogP contribution in [0.3, 0.4) is 0 Å². The lowest BCUT2D eigenvalue weighted by Gasteiger charge is -2.24. The summed E-state index contributed by atoms with van der Waals surface area (Å²) in [5.41, 5.74) is 3.44. The summed E-state index contributed by atoms with van der Waals surface area (Å²) >= 11 is 0. The monoisotopic (exact) mass is 1100 g/mol. The molecule has 73 heavy (non-hydrogen) atoms. The van der Waals surface area contributed by atoms with Crippen LogP contribution in [0.4, 0.5) is 0 Å². The molecular formula is C43H68N12O14P4. The van der Waals surface area contributed by atoms with E-state index < -0.39 is 88.4 Å². The number of ether oxygens (including phenoxy) is 2. The smallest absolute Gasteiger partial charge is 0.275 e. The van der Waals surface area contributed by atoms with Crippen LogP contribution in [0.15, 0.2) is 52.0 Å². The summed E-state index contributed by atoms with van der Waals surface area (Å²) in [4.78, 5) is 63.7. The Bertz CT molecular complexity index is 3140. The molecule has 404 valence electrons. The van der Waals surface area contributed by atoms with Crippen LogP contribution in [0.1, 0.15) is 55.1 Å². The van der Waals surface area contributed by atoms with Gasteiger partial charge in [0.1, 0.15) is 84.1 Å². The fourth-order valence-electron chi connectivity index (χ4n) is 8.63. The maximum absolute atomic E-state index is 11.9. The van der Waals surface area contributed by atoms with Gasteiger partial charge in [-0.2, -0.15) is 0 Å². The number of aliphatic hydroxyl groups is 6. The quantitative estimate of drug-likeness (QED) is 0.0748. The Labute approximate surface area is 420 Å². The minimum Gasteiger partial charge on any atom is -0.395 e. The molecule has 3 saturated heterocycles. The van der Waals surface area contributed by atoms with Crippen molar-refractivity contribution in [2.45, 2.75) is 93.3 Å². The predicted octanol–water partition coefficient (Wildman–Crippen LogP) is 0.650. The molecule has 6 aromatic rings. The van der Waals surface area contributed by atoms with Crippen molar-refractivity contribution < 1.29 is 53.8 Å². The Morgan fingerprint density at radius 2 is 1.01 bits per heavy atom. The zero-order valence-electron chi connectivity index (χ0n) is 41.6. The SMILES string of the molecule is CCP(C)(C)=O.CC[C@@H]1[C@@H](O)[C@@H](O)[C@H](c2c[nH]c3c(=O)[nH]cnc23)N1P.CP(C)(=O)CO[C@@H]1[C@H](O)[C@@H](O)N[C@H]1c1c[nH]c2c(=O)[nH]cnc12.CP(C)(=O)CO[C@H]1[C@@H](O)[C@H](c2c[nH]c3c(=O)[nH]cnc23)N[C@@H]1CO. The van der Waals surface area contributed by atoms with Crippen LogP contribution in [0.2, 0.25) is 0 Å². The van der Waals surface area contributed by atoms with Crippen molar-refractivity contribution in [3.05, 3.63) is 85.3 Å². The lowest BCUT2D eigenvalue weighted by atomic mass is 10.0. The number of fused-ring (bicyclic) bond motifs is 3. The van der Waals surface area contributed by atoms with Crippen LogP contribution >= 0.6 is 30.8 Å². The highest BCUT2D eigenvalue weighted by Crippen LogP contribution is 2.43. The number of rotatable bonds is 12. The largest absolute Gasteiger partial charge is 0.395 e. The van der Waals surface area contributed by atoms with E-state index in [9.17, 15) is 58.7 Å². The van der Waals surface area contributed by atoms with Crippen LogP contribution in [-0.4, -0.2) is 201 Å². The highest BCUT2D eigenvalue weighted by atomic mass is 31.2. The van der Waals surface area contributed by atoms with Gasteiger partial charge in [0, 0.05) is 41.3 Å². The summed E-state index contributed by atoms with van der Waals surface area (Å²) in [5, 5.41) is 66.5. The van der Waals surface area contributed by atoms with E-state index in [2.05, 4.69) is 64.9 Å². The van der Waals surface area contributed by atoms with Crippen LogP contribution in [0.25, 0.3) is 33.1 Å². The van der Waals surface area contributed by atoms with E-state index in [4.69, 9.17) is 9.47 Å². The number of nitrogens with zero attached hydrogens (tertiary/aromatic N) is 4. The predicted molar refractivity (Wildman–Crippen MR) is 280 cm³/mol. The molecule has 26 nitrogen and oxygen atoms in total. The van der Waals surface area contributed by atoms with Crippen molar-refractivity contribution in [2.24, 2.45) is 0 Å². The van der Waals surface area contributed by atoms with Crippen molar-refractivity contribution >= 4 is 63.9 Å². The van der Waals surface area contributed by atoms with E-state index in [1.165, 1.54) is 19.0 Å². The molecule has 1 unspecified atom stereocenters. The average Bonchev–Trinajstić information content (AvgIpc) is 4.18. The summed E-state index contributed by atoms with van der Waals surface area (Å²) in [6.45, 7) is 13.6. The topological polar surface area (TPSA) is 403 Å². The van der Waals surface area contributed by atoms with Gasteiger partial charge in [-0.1, -0.05) is 23.2 Å². The molecular weight excluding hydrogens is 1030 g/mol. The molecule has 6 aromatic heterocycles. The number of hydrogen-bond acceptors (Lipinski definition) is 20. The molecule has 9 heterocycles. The number of H-pyrrole nitrogens is 6. The first-order valence-electron chi connectivity index (χ1n) is 23.3. The van der Waals surface area contributed by atoms with Crippen LogP contribution in [-0.2, 0) is 23.2 Å². The minimum absolute atomic E-state index is 0.0179. The minimum atomic E-state index is -2.44. The van der Waals surface area contributed by atoms with Gasteiger partial charge < -0.3 is 89.0 Å². The first-order chi connectivity index (χ1) is 34.2. The van der Waals surface area contributed by atoms with Gasteiger partial charge in [0.05, 0.1) is 75.7 Å². The summed E-state index contributed by atoms with van der Waals surface area (Å²) in [7, 11) is -3.95. The molecule has 3 fully saturated rings. The molecule has 0 aromatic carbocycles. The highest BCUT2D eigenvalue weighted by molar-refractivity contribution is 7.62. The van der Waals surface area contributed by atoms with E-state index >= 15 is 0 Å². The lowest BCUT2D eigenvalue weighted by Crippen LogP contribution is -2.38. The Balaban J connectivity index is 0.000000169. The second kappa shape index (κ2) is 23.9. The molecule has 0 bridgehead atoms. The highest BCUT2D eigenvalue weighted by Gasteiger charge is 2.48. The molecule has 0 amide bonds. The van der Waals surface area contributed by atoms with Gasteiger partial charge in [0.2, 0.25) is 0 Å². The summed E-state index contributed by atoms with van der Waals surface area (Å²) in [5.74, 6) is 0. The second-order valence-corrected chi connectivity index (χ2v) is 30.7. The normalized spacial score (nSPS) is 27.7. The van der Waals surface area contributed by atoms with Gasteiger partial charge in [-0.15, -0.1) is 0 Å². The Kier molecular flexibility index (Phi) is 19.0. The average molecular weight is 1100 g/mol. The maximum Gasteiger partial charge on any atom is 0.275 e. The first kappa shape index (κ1) is 58.2. The van der Waals surface area contributed by atoms with Gasteiger partial charge in [0.15, 0.2) is 0 Å². The van der Waals surface area contributed by atoms with Gasteiger partial charge >= 0.3 is 0 Å². The fourth-order valence-corrected chi connectivity index (χ4v) is 10.4. The molecule has 3 aliphatic heterocycles. The van der Waals surface area contributed by atoms with E-state index in [1.807, 2.05) is 18.5 Å². The van der Waals surface area contributed by atoms with Gasteiger partial charge in [-0.25, -0.2) is 15.0 Å². The number of hydrogen-bond donors (Lipinski definition) is 14. The van der Waals surface area contributed by atoms with E-state index in [0.29, 0.717) is 56.2 Å². The Morgan fingerprint density at radius 3 is 1.42 bits per heavy atom. The third-order valence-corrected chi connectivity index (χ3v) is 16.4. The summed E-state index contributed by atoms with van der Waals surface area (Å²) < 4.78 is 47.4. The fraction of sp³-hybridized carbons (Fsp3) is 0.581. The summed E-state index contributed by atoms with van der Waals surface area (Å²) in [6, 6.07) is -2.23. The Hall–Kier alpha value is -4.06. The Morgan fingerprint density at radius 1 is 0.589 bits per heavy atom. The molecule has 3 aliphatic rings. The van der Waals surface area contributed by atoms with Crippen LogP contribution in [0.5, 0.6) is 0 Å². The van der Waals surface area contributed by atoms with Crippen molar-refractivity contribution in [1.29, 1.82) is 0 Å². The zero-order chi connectivity index (χ0) is 53.9. The maximum atomic E-state index is 11.9. The van der Waals surface area contributed by atoms with Crippen LogP contribution < -0.4 is 27.3 Å². The van der Waals surface area contributed by atoms with E-state index in [-0.39, 0.29) is 42.0 Å². The number of nitrogens with one attached hydrogen (secondary N) is 8. The van der Waals surface area contributed by atoms with Crippen LogP contribution in [0, 0.1) is 0 Å². The van der Waals surface area contributed by atoms with E-state index in [0.717, 1.165) is 6.16 Å². The summed E-state index contributed by atoms with van der Waals surface area (Å²) in [6.07, 6.45) is 3.72.